The van der Waals surface area contributed by atoms with Crippen molar-refractivity contribution < 1.29 is 8.39 Å². The summed E-state index contributed by atoms with van der Waals surface area (Å²) >= 11 is -1.19. The lowest BCUT2D eigenvalue weighted by Crippen LogP contribution is -2.11. The fourth-order valence-corrected chi connectivity index (χ4v) is 2.53. The molecule has 1 aromatic heterocycles. The minimum absolute atomic E-state index is 0.397. The summed E-state index contributed by atoms with van der Waals surface area (Å²) in [6, 6.07) is 3.89. The third-order valence-electron chi connectivity index (χ3n) is 2.41. The molecule has 2 aromatic rings. The highest BCUT2D eigenvalue weighted by molar-refractivity contribution is 7.79. The average Bonchev–Trinajstić information content (AvgIpc) is 2.26. The van der Waals surface area contributed by atoms with Crippen molar-refractivity contribution in [3.8, 4) is 0 Å². The summed E-state index contributed by atoms with van der Waals surface area (Å²) in [5.74, 6) is 0.446. The van der Waals surface area contributed by atoms with E-state index in [0.29, 0.717) is 12.4 Å². The van der Waals surface area contributed by atoms with Crippen LogP contribution in [0.5, 0.6) is 0 Å². The van der Waals surface area contributed by atoms with E-state index >= 15 is 0 Å². The van der Waals surface area contributed by atoms with Gasteiger partial charge in [0.1, 0.15) is 0 Å². The molecule has 1 atom stereocenters. The van der Waals surface area contributed by atoms with Crippen LogP contribution in [0.15, 0.2) is 24.5 Å². The molecule has 1 unspecified atom stereocenters. The highest BCUT2D eigenvalue weighted by Gasteiger charge is 2.16. The van der Waals surface area contributed by atoms with Gasteiger partial charge in [0.05, 0.1) is 23.4 Å². The predicted molar refractivity (Wildman–Crippen MR) is 56.2 cm³/mol. The van der Waals surface area contributed by atoms with Crippen molar-refractivity contribution >= 4 is 22.1 Å². The zero-order chi connectivity index (χ0) is 10.3. The molecule has 15 heavy (non-hydrogen) atoms. The number of hydrogen-bond acceptors (Lipinski definition) is 4. The van der Waals surface area contributed by atoms with Gasteiger partial charge in [-0.3, -0.25) is 14.2 Å². The van der Waals surface area contributed by atoms with E-state index in [9.17, 15) is 4.21 Å². The van der Waals surface area contributed by atoms with Gasteiger partial charge in [-0.25, -0.2) is 4.21 Å². The monoisotopic (exact) mass is 220 g/mol. The van der Waals surface area contributed by atoms with Crippen LogP contribution in [-0.4, -0.2) is 14.2 Å². The van der Waals surface area contributed by atoms with Crippen LogP contribution in [-0.2, 0) is 27.6 Å². The van der Waals surface area contributed by atoms with Crippen molar-refractivity contribution in [1.29, 1.82) is 0 Å². The van der Waals surface area contributed by atoms with E-state index < -0.39 is 11.1 Å². The number of benzene rings is 1. The van der Waals surface area contributed by atoms with Gasteiger partial charge >= 0.3 is 0 Å². The molecule has 0 amide bonds. The summed E-state index contributed by atoms with van der Waals surface area (Å²) in [5.41, 5.74) is 3.80. The fourth-order valence-electron chi connectivity index (χ4n) is 1.66. The van der Waals surface area contributed by atoms with Crippen LogP contribution in [0.4, 0.5) is 0 Å². The molecule has 0 N–H and O–H groups in total. The minimum atomic E-state index is -1.19. The van der Waals surface area contributed by atoms with Crippen molar-refractivity contribution in [2.24, 2.45) is 0 Å². The van der Waals surface area contributed by atoms with Gasteiger partial charge in [0.2, 0.25) is 0 Å². The smallest absolute Gasteiger partial charge is 0.160 e. The number of aromatic nitrogens is 2. The first-order valence-electron chi connectivity index (χ1n) is 4.57. The Kier molecular flexibility index (Phi) is 2.00. The molecule has 2 heterocycles. The molecule has 1 aliphatic heterocycles. The summed E-state index contributed by atoms with van der Waals surface area (Å²) in [4.78, 5) is 8.43. The summed E-state index contributed by atoms with van der Waals surface area (Å²) in [6.45, 7) is 0.397. The summed E-state index contributed by atoms with van der Waals surface area (Å²) < 4.78 is 16.3. The topological polar surface area (TPSA) is 52.1 Å². The van der Waals surface area contributed by atoms with Gasteiger partial charge < -0.3 is 0 Å². The number of rotatable bonds is 0. The molecule has 5 heteroatoms. The Balaban J connectivity index is 2.24. The highest BCUT2D eigenvalue weighted by atomic mass is 32.2. The predicted octanol–water partition coefficient (Wildman–Crippen LogP) is 1.32. The zero-order valence-corrected chi connectivity index (χ0v) is 8.66. The summed E-state index contributed by atoms with van der Waals surface area (Å²) in [5, 5.41) is 0. The van der Waals surface area contributed by atoms with E-state index in [-0.39, 0.29) is 0 Å². The van der Waals surface area contributed by atoms with Gasteiger partial charge in [0, 0.05) is 12.4 Å². The first-order chi connectivity index (χ1) is 7.33. The Bertz CT molecular complexity index is 556. The molecule has 3 rings (SSSR count). The lowest BCUT2D eigenvalue weighted by Gasteiger charge is -2.15. The van der Waals surface area contributed by atoms with Crippen molar-refractivity contribution in [2.75, 3.05) is 0 Å². The van der Waals surface area contributed by atoms with E-state index in [0.717, 1.165) is 22.2 Å². The van der Waals surface area contributed by atoms with Crippen LogP contribution in [0.25, 0.3) is 11.0 Å². The van der Waals surface area contributed by atoms with E-state index in [2.05, 4.69) is 9.97 Å². The van der Waals surface area contributed by atoms with Crippen LogP contribution >= 0.6 is 0 Å². The second-order valence-electron chi connectivity index (χ2n) is 3.38. The number of nitrogens with zero attached hydrogens (tertiary/aromatic N) is 2. The largest absolute Gasteiger partial charge is 0.285 e. The Hall–Kier alpha value is -1.33. The maximum absolute atomic E-state index is 11.2. The maximum Gasteiger partial charge on any atom is 0.160 e. The molecule has 0 aliphatic carbocycles. The van der Waals surface area contributed by atoms with Gasteiger partial charge in [-0.2, -0.15) is 0 Å². The van der Waals surface area contributed by atoms with Crippen molar-refractivity contribution in [3.63, 3.8) is 0 Å². The van der Waals surface area contributed by atoms with Crippen molar-refractivity contribution in [1.82, 2.24) is 9.97 Å². The van der Waals surface area contributed by atoms with Crippen molar-refractivity contribution in [2.45, 2.75) is 12.4 Å². The quantitative estimate of drug-likeness (QED) is 0.672. The first kappa shape index (κ1) is 8.94. The maximum atomic E-state index is 11.2. The van der Waals surface area contributed by atoms with Crippen LogP contribution in [0.3, 0.4) is 0 Å². The molecule has 0 radical (unpaired) electrons. The van der Waals surface area contributed by atoms with Crippen LogP contribution in [0.2, 0.25) is 0 Å². The molecule has 0 saturated carbocycles. The normalized spacial score (nSPS) is 20.1. The second-order valence-corrected chi connectivity index (χ2v) is 4.51. The number of hydrogen-bond donors (Lipinski definition) is 0. The second kappa shape index (κ2) is 3.36. The molecule has 4 nitrogen and oxygen atoms in total. The summed E-state index contributed by atoms with van der Waals surface area (Å²) in [6.07, 6.45) is 3.32. The first-order valence-corrected chi connectivity index (χ1v) is 5.81. The molecule has 1 aromatic carbocycles. The molecule has 76 valence electrons. The Labute approximate surface area is 89.0 Å². The Morgan fingerprint density at radius 1 is 1.13 bits per heavy atom. The summed E-state index contributed by atoms with van der Waals surface area (Å²) in [7, 11) is 0. The Morgan fingerprint density at radius 3 is 2.53 bits per heavy atom. The molecule has 0 saturated heterocycles. The van der Waals surface area contributed by atoms with Crippen molar-refractivity contribution in [3.05, 3.63) is 35.7 Å². The lowest BCUT2D eigenvalue weighted by molar-refractivity contribution is 0.328. The van der Waals surface area contributed by atoms with Crippen LogP contribution in [0.1, 0.15) is 11.1 Å². The Morgan fingerprint density at radius 2 is 1.80 bits per heavy atom. The molecule has 0 fully saturated rings. The zero-order valence-electron chi connectivity index (χ0n) is 7.84. The SMILES string of the molecule is O=S1Cc2cc3nccnc3cc2CO1. The van der Waals surface area contributed by atoms with E-state index in [1.54, 1.807) is 12.4 Å². The molecular formula is C10H8N2O2S. The van der Waals surface area contributed by atoms with Gasteiger partial charge in [-0.15, -0.1) is 0 Å². The average molecular weight is 220 g/mol. The van der Waals surface area contributed by atoms with E-state index in [1.165, 1.54) is 0 Å². The standard InChI is InChI=1S/C10H8N2O2S/c13-15-6-8-4-10-9(11-1-2-12-10)3-7(8)5-14-15/h1-4H,5-6H2. The van der Waals surface area contributed by atoms with Crippen LogP contribution < -0.4 is 0 Å². The van der Waals surface area contributed by atoms with Crippen LogP contribution in [0, 0.1) is 0 Å². The third-order valence-corrected chi connectivity index (χ3v) is 3.34. The molecule has 1 aliphatic rings. The van der Waals surface area contributed by atoms with Gasteiger partial charge in [-0.05, 0) is 23.3 Å². The highest BCUT2D eigenvalue weighted by Crippen LogP contribution is 2.23. The van der Waals surface area contributed by atoms with Gasteiger partial charge in [0.25, 0.3) is 0 Å². The molecular weight excluding hydrogens is 212 g/mol. The third kappa shape index (κ3) is 1.53. The lowest BCUT2D eigenvalue weighted by atomic mass is 10.1. The van der Waals surface area contributed by atoms with E-state index in [1.807, 2.05) is 12.1 Å². The minimum Gasteiger partial charge on any atom is -0.285 e. The molecule has 0 bridgehead atoms. The fraction of sp³-hybridized carbons (Fsp3) is 0.200. The molecule has 0 spiro atoms. The van der Waals surface area contributed by atoms with Gasteiger partial charge in [-0.1, -0.05) is 0 Å². The van der Waals surface area contributed by atoms with E-state index in [4.69, 9.17) is 4.18 Å². The number of fused-ring (bicyclic) bond motifs is 2. The van der Waals surface area contributed by atoms with Gasteiger partial charge in [0.15, 0.2) is 11.1 Å².